The van der Waals surface area contributed by atoms with Crippen LogP contribution in [0.15, 0.2) is 35.2 Å². The van der Waals surface area contributed by atoms with Crippen molar-refractivity contribution in [3.63, 3.8) is 0 Å². The van der Waals surface area contributed by atoms with Crippen LogP contribution >= 0.6 is 11.9 Å². The van der Waals surface area contributed by atoms with Crippen molar-refractivity contribution in [1.29, 1.82) is 0 Å². The van der Waals surface area contributed by atoms with Crippen molar-refractivity contribution in [2.24, 2.45) is 0 Å². The Hall–Kier alpha value is -1.83. The van der Waals surface area contributed by atoms with Crippen molar-refractivity contribution in [3.05, 3.63) is 47.2 Å². The van der Waals surface area contributed by atoms with Crippen LogP contribution in [0.5, 0.6) is 5.88 Å². The molecule has 2 aliphatic rings. The number of ether oxygens (including phenoxy) is 2. The number of benzene rings is 1. The van der Waals surface area contributed by atoms with Gasteiger partial charge in [-0.25, -0.2) is 9.37 Å². The Morgan fingerprint density at radius 1 is 1.13 bits per heavy atom. The van der Waals surface area contributed by atoms with Crippen LogP contribution in [0.25, 0.3) is 0 Å². The third kappa shape index (κ3) is 5.16. The van der Waals surface area contributed by atoms with Gasteiger partial charge in [0.05, 0.1) is 13.2 Å². The molecular weight excluding hydrogens is 413 g/mol. The summed E-state index contributed by atoms with van der Waals surface area (Å²) in [6.07, 6.45) is 4.69. The van der Waals surface area contributed by atoms with Gasteiger partial charge in [0.25, 0.3) is 0 Å². The number of likely N-dealkylation sites (N-methyl/N-ethyl adjacent to an activating group) is 1. The molecule has 168 valence electrons. The number of halogens is 1. The molecule has 0 unspecified atom stereocenters. The normalized spacial score (nSPS) is 24.3. The molecule has 2 heterocycles. The molecule has 1 N–H and O–H groups in total. The van der Waals surface area contributed by atoms with Crippen molar-refractivity contribution >= 4 is 17.6 Å². The lowest BCUT2D eigenvalue weighted by atomic mass is 9.80. The first-order chi connectivity index (χ1) is 15.0. The van der Waals surface area contributed by atoms with E-state index in [2.05, 4.69) is 22.7 Å². The summed E-state index contributed by atoms with van der Waals surface area (Å²) < 4.78 is 29.7. The van der Waals surface area contributed by atoms with Crippen LogP contribution in [-0.4, -0.2) is 50.3 Å². The van der Waals surface area contributed by atoms with Crippen molar-refractivity contribution in [2.75, 3.05) is 39.1 Å². The summed E-state index contributed by atoms with van der Waals surface area (Å²) in [4.78, 5) is 8.10. The molecule has 2 aromatic rings. The van der Waals surface area contributed by atoms with Gasteiger partial charge in [-0.05, 0) is 80.4 Å². The Balaban J connectivity index is 1.43. The quantitative estimate of drug-likeness (QED) is 0.632. The van der Waals surface area contributed by atoms with E-state index < -0.39 is 5.67 Å². The van der Waals surface area contributed by atoms with Crippen LogP contribution in [0.1, 0.15) is 42.5 Å². The number of alkyl halides is 1. The summed E-state index contributed by atoms with van der Waals surface area (Å²) in [6.45, 7) is 2.05. The average molecular weight is 446 g/mol. The van der Waals surface area contributed by atoms with E-state index in [9.17, 15) is 0 Å². The summed E-state index contributed by atoms with van der Waals surface area (Å²) in [5, 5.41) is 0. The third-order valence-corrected chi connectivity index (χ3v) is 7.38. The maximum absolute atomic E-state index is 15.4. The summed E-state index contributed by atoms with van der Waals surface area (Å²) in [6, 6.07) is 9.95. The minimum atomic E-state index is -1.25. The van der Waals surface area contributed by atoms with Gasteiger partial charge in [0, 0.05) is 37.2 Å². The number of pyridine rings is 1. The van der Waals surface area contributed by atoms with Crippen LogP contribution in [0, 0.1) is 0 Å². The van der Waals surface area contributed by atoms with Crippen molar-refractivity contribution in [2.45, 2.75) is 55.2 Å². The Labute approximate surface area is 188 Å². The van der Waals surface area contributed by atoms with Gasteiger partial charge in [0.2, 0.25) is 5.88 Å². The average Bonchev–Trinajstić information content (AvgIpc) is 2.99. The van der Waals surface area contributed by atoms with Gasteiger partial charge in [-0.1, -0.05) is 12.1 Å². The molecule has 4 rings (SSSR count). The largest absolute Gasteiger partial charge is 0.479 e. The molecule has 0 radical (unpaired) electrons. The number of nitrogens with one attached hydrogen (secondary N) is 1. The zero-order chi connectivity index (χ0) is 21.8. The zero-order valence-corrected chi connectivity index (χ0v) is 19.4. The van der Waals surface area contributed by atoms with E-state index in [0.29, 0.717) is 18.7 Å². The standard InChI is InChI=1S/C24H32FN3O2S/c1-28-14-10-17-16-22(23(30-3)26-21(17)11-15-28)27-31-20-6-4-18(5-7-20)24(25)12-8-19(29-2)9-13-24/h4-7,16,19,27H,8-15H2,1-3H3. The molecule has 1 aromatic carbocycles. The molecule has 7 heteroatoms. The van der Waals surface area contributed by atoms with Crippen LogP contribution in [0.4, 0.5) is 10.1 Å². The Morgan fingerprint density at radius 3 is 2.52 bits per heavy atom. The van der Waals surface area contributed by atoms with Gasteiger partial charge < -0.3 is 19.1 Å². The van der Waals surface area contributed by atoms with E-state index in [1.807, 2.05) is 24.3 Å². The van der Waals surface area contributed by atoms with Gasteiger partial charge in [-0.2, -0.15) is 0 Å². The molecule has 0 bridgehead atoms. The highest BCUT2D eigenvalue weighted by Crippen LogP contribution is 2.42. The highest BCUT2D eigenvalue weighted by molar-refractivity contribution is 8.00. The predicted octanol–water partition coefficient (Wildman–Crippen LogP) is 4.99. The molecule has 0 amide bonds. The van der Waals surface area contributed by atoms with E-state index in [1.165, 1.54) is 17.5 Å². The van der Waals surface area contributed by atoms with Crippen molar-refractivity contribution < 1.29 is 13.9 Å². The van der Waals surface area contributed by atoms with E-state index >= 15 is 4.39 Å². The molecule has 0 saturated heterocycles. The molecule has 5 nitrogen and oxygen atoms in total. The SMILES string of the molecule is COc1nc2c(cc1NSc1ccc(C3(F)CCC(OC)CC3)cc1)CCN(C)CC2. The second-order valence-corrected chi connectivity index (χ2v) is 9.46. The number of rotatable bonds is 6. The summed E-state index contributed by atoms with van der Waals surface area (Å²) in [7, 11) is 5.51. The maximum Gasteiger partial charge on any atom is 0.238 e. The van der Waals surface area contributed by atoms with Gasteiger partial charge >= 0.3 is 0 Å². The Kier molecular flexibility index (Phi) is 7.04. The molecule has 1 fully saturated rings. The lowest BCUT2D eigenvalue weighted by Crippen LogP contribution is -2.30. The monoisotopic (exact) mass is 445 g/mol. The first-order valence-electron chi connectivity index (χ1n) is 11.0. The second kappa shape index (κ2) is 9.76. The van der Waals surface area contributed by atoms with Crippen LogP contribution in [0.2, 0.25) is 0 Å². The number of hydrogen-bond donors (Lipinski definition) is 1. The van der Waals surface area contributed by atoms with E-state index in [0.717, 1.165) is 60.6 Å². The topological polar surface area (TPSA) is 46.6 Å². The first-order valence-corrected chi connectivity index (χ1v) is 11.8. The number of methoxy groups -OCH3 is 2. The Morgan fingerprint density at radius 2 is 1.84 bits per heavy atom. The van der Waals surface area contributed by atoms with Gasteiger partial charge in [-0.3, -0.25) is 0 Å². The number of hydrogen-bond acceptors (Lipinski definition) is 6. The zero-order valence-electron chi connectivity index (χ0n) is 18.6. The molecule has 31 heavy (non-hydrogen) atoms. The smallest absolute Gasteiger partial charge is 0.238 e. The summed E-state index contributed by atoms with van der Waals surface area (Å²) in [5.74, 6) is 0.616. The van der Waals surface area contributed by atoms with Gasteiger partial charge in [-0.15, -0.1) is 0 Å². The van der Waals surface area contributed by atoms with Gasteiger partial charge in [0.15, 0.2) is 0 Å². The van der Waals surface area contributed by atoms with Crippen molar-refractivity contribution in [3.8, 4) is 5.88 Å². The molecule has 1 aliphatic carbocycles. The summed E-state index contributed by atoms with van der Waals surface area (Å²) >= 11 is 1.49. The minimum absolute atomic E-state index is 0.188. The number of aromatic nitrogens is 1. The van der Waals surface area contributed by atoms with Crippen molar-refractivity contribution in [1.82, 2.24) is 9.88 Å². The highest BCUT2D eigenvalue weighted by Gasteiger charge is 2.36. The van der Waals surface area contributed by atoms with E-state index in [4.69, 9.17) is 14.5 Å². The molecular formula is C24H32FN3O2S. The predicted molar refractivity (Wildman–Crippen MR) is 124 cm³/mol. The lowest BCUT2D eigenvalue weighted by molar-refractivity contribution is 0.00579. The number of nitrogens with zero attached hydrogens (tertiary/aromatic N) is 2. The molecule has 0 atom stereocenters. The van der Waals surface area contributed by atoms with E-state index in [1.54, 1.807) is 14.2 Å². The molecule has 1 aromatic heterocycles. The summed E-state index contributed by atoms with van der Waals surface area (Å²) in [5.41, 5.74) is 2.79. The number of fused-ring (bicyclic) bond motifs is 1. The van der Waals surface area contributed by atoms with E-state index in [-0.39, 0.29) is 6.10 Å². The Bertz CT molecular complexity index is 885. The number of anilines is 1. The fourth-order valence-electron chi connectivity index (χ4n) is 4.46. The third-order valence-electron chi connectivity index (χ3n) is 6.55. The van der Waals surface area contributed by atoms with Crippen LogP contribution < -0.4 is 9.46 Å². The lowest BCUT2D eigenvalue weighted by Gasteiger charge is -2.33. The highest BCUT2D eigenvalue weighted by atomic mass is 32.2. The molecule has 1 saturated carbocycles. The minimum Gasteiger partial charge on any atom is -0.479 e. The fourth-order valence-corrected chi connectivity index (χ4v) is 5.11. The van der Waals surface area contributed by atoms with Crippen LogP contribution in [0.3, 0.4) is 0 Å². The maximum atomic E-state index is 15.4. The van der Waals surface area contributed by atoms with Crippen LogP contribution in [-0.2, 0) is 23.2 Å². The fraction of sp³-hybridized carbons (Fsp3) is 0.542. The first kappa shape index (κ1) is 22.4. The molecule has 0 spiro atoms. The van der Waals surface area contributed by atoms with Gasteiger partial charge in [0.1, 0.15) is 11.4 Å². The molecule has 1 aliphatic heterocycles. The second-order valence-electron chi connectivity index (χ2n) is 8.58.